The molecule has 23 heteroatoms. The van der Waals surface area contributed by atoms with Crippen LogP contribution in [-0.2, 0) is 40.5 Å². The second-order valence-corrected chi connectivity index (χ2v) is 12.7. The first-order chi connectivity index (χ1) is 16.2. The summed E-state index contributed by atoms with van der Waals surface area (Å²) in [7, 11) is -20.8. The Morgan fingerprint density at radius 3 is 1.57 bits per heavy atom. The zero-order valence-electron chi connectivity index (χ0n) is 17.2. The fourth-order valence-corrected chi connectivity index (χ4v) is 5.97. The van der Waals surface area contributed by atoms with Crippen LogP contribution in [0, 0.1) is 0 Å². The Morgan fingerprint density at radius 1 is 0.625 bits per heavy atom. The van der Waals surface area contributed by atoms with Crippen molar-refractivity contribution in [1.29, 1.82) is 0 Å². The summed E-state index contributed by atoms with van der Waals surface area (Å²) in [6.07, 6.45) is 0. The van der Waals surface area contributed by atoms with Gasteiger partial charge in [0.15, 0.2) is 0 Å². The van der Waals surface area contributed by atoms with Gasteiger partial charge >= 0.3 is 118 Å². The van der Waals surface area contributed by atoms with Gasteiger partial charge in [0.2, 0.25) is 0 Å². The first kappa shape index (κ1) is 43.0. The minimum atomic E-state index is -5.39. The van der Waals surface area contributed by atoms with Crippen LogP contribution in [0.25, 0.3) is 10.8 Å². The summed E-state index contributed by atoms with van der Waals surface area (Å²) in [6, 6.07) is 4.80. The van der Waals surface area contributed by atoms with E-state index in [1.165, 1.54) is 0 Å². The van der Waals surface area contributed by atoms with Gasteiger partial charge < -0.3 is 11.1 Å². The van der Waals surface area contributed by atoms with Gasteiger partial charge in [0.05, 0.1) is 16.1 Å². The quantitative estimate of drug-likeness (QED) is 0.0941. The Labute approximate surface area is 317 Å². The molecule has 0 bridgehead atoms. The molecular formula is C17H18N2Na4O13S4. The van der Waals surface area contributed by atoms with E-state index in [0.29, 0.717) is 12.1 Å². The number of nitrogen functional groups attached to an aromatic ring is 1. The van der Waals surface area contributed by atoms with Crippen LogP contribution < -0.4 is 11.1 Å². The number of rotatable bonds is 6. The molecule has 0 aliphatic heterocycles. The average Bonchev–Trinajstić information content (AvgIpc) is 2.70. The molecule has 0 radical (unpaired) electrons. The van der Waals surface area contributed by atoms with Crippen molar-refractivity contribution in [2.75, 3.05) is 11.1 Å². The number of nitrogens with two attached hydrogens (primary N) is 1. The van der Waals surface area contributed by atoms with Gasteiger partial charge in [-0.1, -0.05) is 0 Å². The van der Waals surface area contributed by atoms with Crippen molar-refractivity contribution < 1.29 is 56.7 Å². The fraction of sp³-hybridized carbons (Fsp3) is 0. The normalized spacial score (nSPS) is 11.7. The molecule has 0 atom stereocenters. The van der Waals surface area contributed by atoms with Crippen molar-refractivity contribution in [1.82, 2.24) is 0 Å². The predicted octanol–water partition coefficient (Wildman–Crippen LogP) is -1.93. The zero-order chi connectivity index (χ0) is 27.4. The van der Waals surface area contributed by atoms with Crippen LogP contribution in [0.1, 0.15) is 10.4 Å². The zero-order valence-corrected chi connectivity index (χ0v) is 20.5. The fourth-order valence-electron chi connectivity index (χ4n) is 3.21. The summed E-state index contributed by atoms with van der Waals surface area (Å²) in [4.78, 5) is 8.35. The number of fused-ring (bicyclic) bond motifs is 1. The molecule has 0 aliphatic rings. The van der Waals surface area contributed by atoms with Crippen molar-refractivity contribution in [3.05, 3.63) is 48.0 Å². The van der Waals surface area contributed by atoms with E-state index in [9.17, 15) is 56.7 Å². The number of anilines is 2. The van der Waals surface area contributed by atoms with Crippen LogP contribution in [0.4, 0.5) is 11.4 Å². The Bertz CT molecular complexity index is 1900. The molecule has 3 aromatic rings. The van der Waals surface area contributed by atoms with Crippen LogP contribution in [0.5, 0.6) is 0 Å². The Morgan fingerprint density at radius 2 is 1.12 bits per heavy atom. The molecule has 40 heavy (non-hydrogen) atoms. The summed E-state index contributed by atoms with van der Waals surface area (Å²) in [5.41, 5.74) is 4.01. The van der Waals surface area contributed by atoms with Crippen molar-refractivity contribution >= 4 is 187 Å². The van der Waals surface area contributed by atoms with Crippen LogP contribution >= 0.6 is 0 Å². The summed E-state index contributed by atoms with van der Waals surface area (Å²) in [5, 5.41) is 0.357. The number of carbonyl (C=O) groups is 1. The summed E-state index contributed by atoms with van der Waals surface area (Å²) >= 11 is 0. The van der Waals surface area contributed by atoms with Crippen molar-refractivity contribution in [3.63, 3.8) is 0 Å². The Kier molecular flexibility index (Phi) is 16.3. The molecule has 7 N–H and O–H groups in total. The van der Waals surface area contributed by atoms with E-state index in [0.717, 1.165) is 24.3 Å². The maximum atomic E-state index is 12.9. The van der Waals surface area contributed by atoms with E-state index in [1.807, 2.05) is 0 Å². The second kappa shape index (κ2) is 15.2. The topological polar surface area (TPSA) is 273 Å². The van der Waals surface area contributed by atoms with Gasteiger partial charge in [-0.05, 0) is 42.5 Å². The third-order valence-electron chi connectivity index (χ3n) is 4.64. The number of hydrogen-bond acceptors (Lipinski definition) is 10. The molecule has 0 fully saturated rings. The molecule has 0 unspecified atom stereocenters. The van der Waals surface area contributed by atoms with Gasteiger partial charge in [-0.25, -0.2) is 0 Å². The molecule has 0 saturated heterocycles. The van der Waals surface area contributed by atoms with E-state index < -0.39 is 88.0 Å². The molecule has 0 spiro atoms. The first-order valence-corrected chi connectivity index (χ1v) is 14.7. The summed E-state index contributed by atoms with van der Waals surface area (Å²) < 4.78 is 132. The first-order valence-electron chi connectivity index (χ1n) is 8.93. The van der Waals surface area contributed by atoms with Gasteiger partial charge in [-0.2, -0.15) is 33.7 Å². The van der Waals surface area contributed by atoms with Gasteiger partial charge in [0.25, 0.3) is 46.4 Å². The molecular weight excluding hydrogens is 660 g/mol. The Balaban J connectivity index is 0. The van der Waals surface area contributed by atoms with Crippen LogP contribution in [-0.4, -0.2) is 176 Å². The molecule has 0 heterocycles. The van der Waals surface area contributed by atoms with Gasteiger partial charge in [-0.15, -0.1) is 0 Å². The maximum absolute atomic E-state index is 12.9. The predicted molar refractivity (Wildman–Crippen MR) is 151 cm³/mol. The van der Waals surface area contributed by atoms with E-state index in [2.05, 4.69) is 5.32 Å². The van der Waals surface area contributed by atoms with Crippen LogP contribution in [0.2, 0.25) is 0 Å². The molecule has 1 amide bonds. The summed E-state index contributed by atoms with van der Waals surface area (Å²) in [6.45, 7) is 0. The van der Waals surface area contributed by atoms with Crippen molar-refractivity contribution in [2.45, 2.75) is 19.6 Å². The van der Waals surface area contributed by atoms with Gasteiger partial charge in [0, 0.05) is 16.5 Å². The number of benzene rings is 3. The molecule has 202 valence electrons. The van der Waals surface area contributed by atoms with Crippen molar-refractivity contribution in [3.8, 4) is 0 Å². The molecule has 15 nitrogen and oxygen atoms in total. The SMILES string of the molecule is Nc1ccc(C(=O)Nc2ccc(S(=O)(=O)O)c3cc(S(=O)(=O)O)cc(S(=O)(=O)O)c23)c(S(=O)(=O)O)c1.[NaH].[NaH].[NaH].[NaH]. The number of hydrogen-bond donors (Lipinski definition) is 6. The second-order valence-electron chi connectivity index (χ2n) is 7.07. The van der Waals surface area contributed by atoms with Gasteiger partial charge in [-0.3, -0.25) is 23.0 Å². The molecule has 3 rings (SSSR count). The standard InChI is InChI=1S/C17H14N2O13S4.4Na.4H/c18-8-1-2-10(14(5-8)35(27,28)29)17(20)19-12-3-4-13(34(24,25)26)11-6-9(33(21,22)23)7-15(16(11)12)36(30,31)32;;;;;;;;/h1-7H,18H2,(H,19,20)(H,21,22,23)(H,24,25,26)(H,27,28,29)(H,30,31,32);;;;;;;;. The van der Waals surface area contributed by atoms with Crippen molar-refractivity contribution in [2.24, 2.45) is 0 Å². The number of amides is 1. The Hall–Kier alpha value is 0.830. The summed E-state index contributed by atoms with van der Waals surface area (Å²) in [5.74, 6) is -1.30. The monoisotopic (exact) mass is 678 g/mol. The molecule has 0 aliphatic carbocycles. The average molecular weight is 679 g/mol. The van der Waals surface area contributed by atoms with Crippen LogP contribution in [0.3, 0.4) is 0 Å². The molecule has 3 aromatic carbocycles. The number of carbonyl (C=O) groups excluding carboxylic acids is 1. The third-order valence-corrected chi connectivity index (χ3v) is 8.16. The van der Waals surface area contributed by atoms with Crippen LogP contribution in [0.15, 0.2) is 62.0 Å². The number of nitrogens with one attached hydrogen (secondary N) is 1. The van der Waals surface area contributed by atoms with Gasteiger partial charge in [0.1, 0.15) is 14.7 Å². The molecule has 0 aromatic heterocycles. The molecule has 0 saturated carbocycles. The van der Waals surface area contributed by atoms with E-state index in [-0.39, 0.29) is 130 Å². The third kappa shape index (κ3) is 9.92. The van der Waals surface area contributed by atoms with E-state index in [4.69, 9.17) is 5.73 Å². The minimum absolute atomic E-state index is 0. The van der Waals surface area contributed by atoms with E-state index >= 15 is 0 Å². The van der Waals surface area contributed by atoms with E-state index in [1.54, 1.807) is 0 Å².